The van der Waals surface area contributed by atoms with Gasteiger partial charge >= 0.3 is 0 Å². The summed E-state index contributed by atoms with van der Waals surface area (Å²) in [5.74, 6) is 6.61. The van der Waals surface area contributed by atoms with Crippen LogP contribution < -0.4 is 11.3 Å². The van der Waals surface area contributed by atoms with Crippen LogP contribution in [0, 0.1) is 27.7 Å². The molecule has 0 saturated heterocycles. The molecule has 3 nitrogen and oxygen atoms in total. The molecule has 0 aliphatic rings. The Hall–Kier alpha value is -1.58. The Balaban J connectivity index is 2.28. The van der Waals surface area contributed by atoms with Gasteiger partial charge in [-0.1, -0.05) is 17.7 Å². The van der Waals surface area contributed by atoms with Crippen LogP contribution in [0.15, 0.2) is 28.9 Å². The Morgan fingerprint density at radius 3 is 2.21 bits per heavy atom. The highest BCUT2D eigenvalue weighted by molar-refractivity contribution is 5.38. The number of benzene rings is 1. The van der Waals surface area contributed by atoms with Crippen LogP contribution in [0.25, 0.3) is 0 Å². The zero-order valence-electron chi connectivity index (χ0n) is 12.1. The molecule has 3 heteroatoms. The molecule has 19 heavy (non-hydrogen) atoms. The lowest BCUT2D eigenvalue weighted by Gasteiger charge is -2.18. The van der Waals surface area contributed by atoms with E-state index in [1.54, 1.807) is 6.26 Å². The van der Waals surface area contributed by atoms with Gasteiger partial charge in [0.1, 0.15) is 5.76 Å². The molecule has 1 unspecified atom stereocenters. The summed E-state index contributed by atoms with van der Waals surface area (Å²) < 4.78 is 5.37. The first-order valence-electron chi connectivity index (χ1n) is 6.59. The molecule has 0 fully saturated rings. The van der Waals surface area contributed by atoms with Gasteiger partial charge < -0.3 is 4.42 Å². The second-order valence-electron chi connectivity index (χ2n) is 5.29. The largest absolute Gasteiger partial charge is 0.469 e. The summed E-state index contributed by atoms with van der Waals surface area (Å²) in [7, 11) is 0. The van der Waals surface area contributed by atoms with E-state index in [1.165, 1.54) is 22.3 Å². The first kappa shape index (κ1) is 13.8. The molecule has 102 valence electrons. The van der Waals surface area contributed by atoms with Crippen molar-refractivity contribution in [2.24, 2.45) is 5.84 Å². The number of rotatable bonds is 4. The van der Waals surface area contributed by atoms with Crippen LogP contribution in [-0.2, 0) is 6.42 Å². The Morgan fingerprint density at radius 1 is 1.11 bits per heavy atom. The predicted molar refractivity (Wildman–Crippen MR) is 77.9 cm³/mol. The van der Waals surface area contributed by atoms with Crippen molar-refractivity contribution in [1.82, 2.24) is 5.43 Å². The van der Waals surface area contributed by atoms with E-state index in [0.717, 1.165) is 17.7 Å². The van der Waals surface area contributed by atoms with Gasteiger partial charge in [0.2, 0.25) is 0 Å². The normalized spacial score (nSPS) is 12.7. The molecule has 0 spiro atoms. The Labute approximate surface area is 114 Å². The number of nitrogens with two attached hydrogens (primary N) is 1. The smallest absolute Gasteiger partial charge is 0.101 e. The standard InChI is InChI=1S/C16H22N2O/c1-10-5-11(2)15(12(3)6-10)8-16(18-17)14-7-13(4)19-9-14/h5-7,9,16,18H,8,17H2,1-4H3. The average molecular weight is 258 g/mol. The lowest BCUT2D eigenvalue weighted by molar-refractivity contribution is 0.511. The van der Waals surface area contributed by atoms with Crippen LogP contribution in [-0.4, -0.2) is 0 Å². The zero-order chi connectivity index (χ0) is 14.0. The van der Waals surface area contributed by atoms with Gasteiger partial charge in [-0.3, -0.25) is 11.3 Å². The lowest BCUT2D eigenvalue weighted by atomic mass is 9.92. The fourth-order valence-electron chi connectivity index (χ4n) is 2.66. The minimum absolute atomic E-state index is 0.0811. The number of aryl methyl sites for hydroxylation is 4. The number of hydrogen-bond donors (Lipinski definition) is 2. The molecule has 1 aromatic carbocycles. The molecule has 1 aromatic heterocycles. The summed E-state index contributed by atoms with van der Waals surface area (Å²) in [5.41, 5.74) is 9.28. The van der Waals surface area contributed by atoms with Crippen molar-refractivity contribution >= 4 is 0 Å². The molecular weight excluding hydrogens is 236 g/mol. The van der Waals surface area contributed by atoms with E-state index in [1.807, 2.05) is 13.0 Å². The Kier molecular flexibility index (Phi) is 4.08. The van der Waals surface area contributed by atoms with Crippen molar-refractivity contribution in [3.05, 3.63) is 58.0 Å². The predicted octanol–water partition coefficient (Wildman–Crippen LogP) is 3.26. The highest BCUT2D eigenvalue weighted by Crippen LogP contribution is 2.24. The summed E-state index contributed by atoms with van der Waals surface area (Å²) >= 11 is 0. The summed E-state index contributed by atoms with van der Waals surface area (Å²) in [6.45, 7) is 8.38. The fraction of sp³-hybridized carbons (Fsp3) is 0.375. The zero-order valence-corrected chi connectivity index (χ0v) is 12.1. The van der Waals surface area contributed by atoms with Crippen molar-refractivity contribution in [1.29, 1.82) is 0 Å². The van der Waals surface area contributed by atoms with Crippen LogP contribution in [0.3, 0.4) is 0 Å². The van der Waals surface area contributed by atoms with E-state index in [2.05, 4.69) is 38.3 Å². The lowest BCUT2D eigenvalue weighted by Crippen LogP contribution is -2.29. The monoisotopic (exact) mass is 258 g/mol. The van der Waals surface area contributed by atoms with Crippen LogP contribution >= 0.6 is 0 Å². The molecule has 0 aliphatic heterocycles. The van der Waals surface area contributed by atoms with Crippen LogP contribution in [0.1, 0.15) is 39.6 Å². The van der Waals surface area contributed by atoms with Crippen molar-refractivity contribution < 1.29 is 4.42 Å². The molecule has 0 bridgehead atoms. The average Bonchev–Trinajstić information content (AvgIpc) is 2.75. The van der Waals surface area contributed by atoms with Gasteiger partial charge in [0.05, 0.1) is 12.3 Å². The second-order valence-corrected chi connectivity index (χ2v) is 5.29. The molecule has 0 amide bonds. The first-order valence-corrected chi connectivity index (χ1v) is 6.59. The number of nitrogens with one attached hydrogen (secondary N) is 1. The van der Waals surface area contributed by atoms with E-state index in [0.29, 0.717) is 0 Å². The Morgan fingerprint density at radius 2 is 1.74 bits per heavy atom. The van der Waals surface area contributed by atoms with E-state index in [9.17, 15) is 0 Å². The van der Waals surface area contributed by atoms with Gasteiger partial charge in [0.15, 0.2) is 0 Å². The molecule has 1 atom stereocenters. The maximum atomic E-state index is 5.70. The Bertz CT molecular complexity index is 549. The quantitative estimate of drug-likeness (QED) is 0.653. The minimum atomic E-state index is 0.0811. The topological polar surface area (TPSA) is 51.2 Å². The van der Waals surface area contributed by atoms with Gasteiger partial charge in [-0.15, -0.1) is 0 Å². The van der Waals surface area contributed by atoms with Crippen molar-refractivity contribution in [2.75, 3.05) is 0 Å². The summed E-state index contributed by atoms with van der Waals surface area (Å²) in [6, 6.07) is 6.55. The molecular formula is C16H22N2O. The molecule has 3 N–H and O–H groups in total. The SMILES string of the molecule is Cc1cc(C)c(CC(NN)c2coc(C)c2)c(C)c1. The summed E-state index contributed by atoms with van der Waals surface area (Å²) in [6.07, 6.45) is 2.64. The molecule has 0 radical (unpaired) electrons. The number of furan rings is 1. The summed E-state index contributed by atoms with van der Waals surface area (Å²) in [4.78, 5) is 0. The molecule has 0 saturated carbocycles. The van der Waals surface area contributed by atoms with E-state index in [4.69, 9.17) is 10.3 Å². The molecule has 2 rings (SSSR count). The third-order valence-corrected chi connectivity index (χ3v) is 3.60. The highest BCUT2D eigenvalue weighted by Gasteiger charge is 2.15. The van der Waals surface area contributed by atoms with Gasteiger partial charge in [0.25, 0.3) is 0 Å². The maximum Gasteiger partial charge on any atom is 0.101 e. The van der Waals surface area contributed by atoms with Crippen molar-refractivity contribution in [2.45, 2.75) is 40.2 Å². The third kappa shape index (κ3) is 3.06. The number of hydrogen-bond acceptors (Lipinski definition) is 3. The van der Waals surface area contributed by atoms with E-state index >= 15 is 0 Å². The van der Waals surface area contributed by atoms with Crippen molar-refractivity contribution in [3.63, 3.8) is 0 Å². The number of hydrazine groups is 1. The van der Waals surface area contributed by atoms with Crippen LogP contribution in [0.4, 0.5) is 0 Å². The molecule has 2 aromatic rings. The van der Waals surface area contributed by atoms with Gasteiger partial charge in [-0.05, 0) is 56.9 Å². The minimum Gasteiger partial charge on any atom is -0.469 e. The molecule has 0 aliphatic carbocycles. The highest BCUT2D eigenvalue weighted by atomic mass is 16.3. The van der Waals surface area contributed by atoms with Gasteiger partial charge in [0, 0.05) is 5.56 Å². The van der Waals surface area contributed by atoms with E-state index in [-0.39, 0.29) is 6.04 Å². The summed E-state index contributed by atoms with van der Waals surface area (Å²) in [5, 5.41) is 0. The van der Waals surface area contributed by atoms with E-state index < -0.39 is 0 Å². The fourth-order valence-corrected chi connectivity index (χ4v) is 2.66. The van der Waals surface area contributed by atoms with Gasteiger partial charge in [-0.25, -0.2) is 0 Å². The first-order chi connectivity index (χ1) is 9.01. The second kappa shape index (κ2) is 5.59. The van der Waals surface area contributed by atoms with Gasteiger partial charge in [-0.2, -0.15) is 0 Å². The van der Waals surface area contributed by atoms with Crippen LogP contribution in [0.2, 0.25) is 0 Å². The third-order valence-electron chi connectivity index (χ3n) is 3.60. The van der Waals surface area contributed by atoms with Crippen LogP contribution in [0.5, 0.6) is 0 Å². The maximum absolute atomic E-state index is 5.70. The van der Waals surface area contributed by atoms with Crippen molar-refractivity contribution in [3.8, 4) is 0 Å². The molecule has 1 heterocycles.